The molecule has 3 heterocycles. The lowest BCUT2D eigenvalue weighted by Gasteiger charge is -2.36. The average Bonchev–Trinajstić information content (AvgIpc) is 3.50. The van der Waals surface area contributed by atoms with E-state index in [0.29, 0.717) is 48.2 Å². The number of fused-ring (bicyclic) bond motifs is 3. The van der Waals surface area contributed by atoms with Crippen LogP contribution < -0.4 is 20.3 Å². The van der Waals surface area contributed by atoms with Gasteiger partial charge in [0.25, 0.3) is 5.91 Å². The number of carbonyl (C=O) groups is 1. The summed E-state index contributed by atoms with van der Waals surface area (Å²) in [5, 5.41) is 19.8. The van der Waals surface area contributed by atoms with Crippen LogP contribution in [0.2, 0.25) is 0 Å². The molecule has 11 nitrogen and oxygen atoms in total. The van der Waals surface area contributed by atoms with E-state index in [4.69, 9.17) is 14.2 Å². The predicted molar refractivity (Wildman–Crippen MR) is 170 cm³/mol. The Bertz CT molecular complexity index is 1620. The molecule has 1 amide bonds. The fraction of sp³-hybridized carbons (Fsp3) is 0.394. The van der Waals surface area contributed by atoms with Crippen LogP contribution in [0.15, 0.2) is 47.1 Å². The number of anilines is 4. The number of rotatable bonds is 10. The minimum atomic E-state index is -0.277. The second-order valence-corrected chi connectivity index (χ2v) is 11.1. The number of aryl methyl sites for hydroxylation is 3. The molecule has 0 bridgehead atoms. The standard InChI is InChI=1S/C33H39N7O4/c1-4-21-7-6-8-22(5-2)28(21)36-32(42)30-25-11-9-23-20-34-33(37-29(23)31(25)44-38-30)35-26-12-10-24(19-27(26)43-3)40-15-13-39(14-16-40)17-18-41/h6-8,10,12,19-20,41H,4-5,9,11,13-18H2,1-3H3,(H,36,42)(H,34,35,37). The largest absolute Gasteiger partial charge is 0.494 e. The molecule has 0 atom stereocenters. The first-order valence-electron chi connectivity index (χ1n) is 15.3. The molecule has 0 radical (unpaired) electrons. The first-order chi connectivity index (χ1) is 21.5. The number of aliphatic hydroxyl groups excluding tert-OH is 1. The second kappa shape index (κ2) is 13.0. The molecule has 1 aliphatic heterocycles. The fourth-order valence-corrected chi connectivity index (χ4v) is 6.06. The molecule has 3 N–H and O–H groups in total. The zero-order valence-corrected chi connectivity index (χ0v) is 25.5. The number of hydrogen-bond donors (Lipinski definition) is 3. The van der Waals surface area contributed by atoms with Gasteiger partial charge in [-0.3, -0.25) is 9.69 Å². The van der Waals surface area contributed by atoms with Gasteiger partial charge in [-0.05, 0) is 48.9 Å². The maximum absolute atomic E-state index is 13.5. The summed E-state index contributed by atoms with van der Waals surface area (Å²) in [5.74, 6) is 1.30. The third kappa shape index (κ3) is 5.85. The number of benzene rings is 2. The zero-order chi connectivity index (χ0) is 30.6. The van der Waals surface area contributed by atoms with Crippen LogP contribution in [0.5, 0.6) is 5.75 Å². The number of carbonyl (C=O) groups excluding carboxylic acids is 1. The minimum absolute atomic E-state index is 0.182. The third-order valence-corrected chi connectivity index (χ3v) is 8.55. The van der Waals surface area contributed by atoms with Crippen molar-refractivity contribution in [2.75, 3.05) is 62.0 Å². The summed E-state index contributed by atoms with van der Waals surface area (Å²) in [6.45, 7) is 8.63. The molecule has 4 aromatic rings. The summed E-state index contributed by atoms with van der Waals surface area (Å²) in [7, 11) is 1.65. The van der Waals surface area contributed by atoms with Crippen LogP contribution in [0.4, 0.5) is 23.0 Å². The molecule has 44 heavy (non-hydrogen) atoms. The predicted octanol–water partition coefficient (Wildman–Crippen LogP) is 4.47. The molecular weight excluding hydrogens is 558 g/mol. The van der Waals surface area contributed by atoms with Gasteiger partial charge in [-0.15, -0.1) is 0 Å². The Balaban J connectivity index is 1.21. The Morgan fingerprint density at radius 3 is 2.55 bits per heavy atom. The molecule has 230 valence electrons. The number of para-hydroxylation sites is 1. The highest BCUT2D eigenvalue weighted by Crippen LogP contribution is 2.36. The Hall–Kier alpha value is -4.48. The Morgan fingerprint density at radius 2 is 1.84 bits per heavy atom. The van der Waals surface area contributed by atoms with Crippen molar-refractivity contribution < 1.29 is 19.2 Å². The molecule has 6 rings (SSSR count). The number of piperazine rings is 1. The summed E-state index contributed by atoms with van der Waals surface area (Å²) in [6.07, 6.45) is 4.73. The summed E-state index contributed by atoms with van der Waals surface area (Å²) in [6, 6.07) is 12.2. The highest BCUT2D eigenvalue weighted by molar-refractivity contribution is 6.05. The average molecular weight is 598 g/mol. The van der Waals surface area contributed by atoms with Crippen molar-refractivity contribution >= 4 is 28.9 Å². The van der Waals surface area contributed by atoms with Crippen molar-refractivity contribution in [3.63, 3.8) is 0 Å². The van der Waals surface area contributed by atoms with Crippen LogP contribution in [0.1, 0.15) is 46.6 Å². The van der Waals surface area contributed by atoms with Crippen LogP contribution >= 0.6 is 0 Å². The number of nitrogens with zero attached hydrogens (tertiary/aromatic N) is 5. The topological polar surface area (TPSA) is 129 Å². The monoisotopic (exact) mass is 597 g/mol. The van der Waals surface area contributed by atoms with E-state index in [1.807, 2.05) is 30.3 Å². The summed E-state index contributed by atoms with van der Waals surface area (Å²) in [5.41, 5.74) is 7.48. The smallest absolute Gasteiger partial charge is 0.278 e. The first kappa shape index (κ1) is 29.6. The van der Waals surface area contributed by atoms with Crippen molar-refractivity contribution in [3.8, 4) is 17.2 Å². The molecule has 11 heteroatoms. The number of methoxy groups -OCH3 is 1. The lowest BCUT2D eigenvalue weighted by molar-refractivity contribution is 0.101. The molecular formula is C33H39N7O4. The van der Waals surface area contributed by atoms with Gasteiger partial charge in [0.15, 0.2) is 11.5 Å². The van der Waals surface area contributed by atoms with Crippen molar-refractivity contribution in [3.05, 3.63) is 70.5 Å². The van der Waals surface area contributed by atoms with Gasteiger partial charge in [0.1, 0.15) is 11.4 Å². The molecule has 2 aromatic carbocycles. The molecule has 1 aliphatic carbocycles. The van der Waals surface area contributed by atoms with E-state index in [0.717, 1.165) is 78.3 Å². The minimum Gasteiger partial charge on any atom is -0.494 e. The molecule has 2 aromatic heterocycles. The van der Waals surface area contributed by atoms with Crippen LogP contribution in [-0.2, 0) is 25.7 Å². The zero-order valence-electron chi connectivity index (χ0n) is 25.5. The number of aliphatic hydroxyl groups is 1. The van der Waals surface area contributed by atoms with Gasteiger partial charge in [-0.25, -0.2) is 9.97 Å². The number of nitrogens with one attached hydrogen (secondary N) is 2. The summed E-state index contributed by atoms with van der Waals surface area (Å²) >= 11 is 0. The van der Waals surface area contributed by atoms with E-state index in [1.165, 1.54) is 0 Å². The summed E-state index contributed by atoms with van der Waals surface area (Å²) < 4.78 is 11.5. The fourth-order valence-electron chi connectivity index (χ4n) is 6.06. The molecule has 1 saturated heterocycles. The SMILES string of the molecule is CCc1cccc(CC)c1NC(=O)c1noc2c1CCc1cnc(Nc3ccc(N4CCN(CCO)CC4)cc3OC)nc1-2. The molecule has 2 aliphatic rings. The van der Waals surface area contributed by atoms with E-state index in [9.17, 15) is 9.90 Å². The highest BCUT2D eigenvalue weighted by atomic mass is 16.5. The lowest BCUT2D eigenvalue weighted by atomic mass is 9.93. The Kier molecular flexibility index (Phi) is 8.76. The normalized spacial score (nSPS) is 14.6. The van der Waals surface area contributed by atoms with Crippen LogP contribution in [0, 0.1) is 0 Å². The van der Waals surface area contributed by atoms with E-state index in [2.05, 4.69) is 50.5 Å². The van der Waals surface area contributed by atoms with E-state index in [1.54, 1.807) is 13.3 Å². The van der Waals surface area contributed by atoms with E-state index >= 15 is 0 Å². The number of ether oxygens (including phenoxy) is 1. The molecule has 0 unspecified atom stereocenters. The van der Waals surface area contributed by atoms with Crippen LogP contribution in [-0.4, -0.2) is 77.5 Å². The number of β-amino-alcohol motifs (C(OH)–C–C–N with tert-alkyl or cyclic N) is 1. The maximum atomic E-state index is 13.5. The molecule has 0 spiro atoms. The third-order valence-electron chi connectivity index (χ3n) is 8.55. The summed E-state index contributed by atoms with van der Waals surface area (Å²) in [4.78, 5) is 27.4. The molecule has 1 fully saturated rings. The van der Waals surface area contributed by atoms with Crippen LogP contribution in [0.25, 0.3) is 11.5 Å². The lowest BCUT2D eigenvalue weighted by Crippen LogP contribution is -2.47. The highest BCUT2D eigenvalue weighted by Gasteiger charge is 2.30. The Morgan fingerprint density at radius 1 is 1.07 bits per heavy atom. The number of hydrogen-bond acceptors (Lipinski definition) is 10. The maximum Gasteiger partial charge on any atom is 0.278 e. The van der Waals surface area contributed by atoms with Gasteiger partial charge in [-0.1, -0.05) is 37.2 Å². The van der Waals surface area contributed by atoms with Crippen molar-refractivity contribution in [2.24, 2.45) is 0 Å². The van der Waals surface area contributed by atoms with Gasteiger partial charge in [-0.2, -0.15) is 0 Å². The van der Waals surface area contributed by atoms with E-state index < -0.39 is 0 Å². The van der Waals surface area contributed by atoms with Crippen molar-refractivity contribution in [1.82, 2.24) is 20.0 Å². The van der Waals surface area contributed by atoms with Crippen molar-refractivity contribution in [2.45, 2.75) is 39.5 Å². The van der Waals surface area contributed by atoms with E-state index in [-0.39, 0.29) is 12.5 Å². The van der Waals surface area contributed by atoms with Gasteiger partial charge >= 0.3 is 0 Å². The quantitative estimate of drug-likeness (QED) is 0.241. The van der Waals surface area contributed by atoms with Gasteiger partial charge in [0.05, 0.1) is 19.4 Å². The second-order valence-electron chi connectivity index (χ2n) is 11.1. The number of aromatic nitrogens is 3. The number of amides is 1. The van der Waals surface area contributed by atoms with Crippen molar-refractivity contribution in [1.29, 1.82) is 0 Å². The van der Waals surface area contributed by atoms with Gasteiger partial charge in [0.2, 0.25) is 5.95 Å². The van der Waals surface area contributed by atoms with Gasteiger partial charge in [0, 0.05) is 67.5 Å². The Labute approximate surface area is 257 Å². The first-order valence-corrected chi connectivity index (χ1v) is 15.3. The molecule has 0 saturated carbocycles. The van der Waals surface area contributed by atoms with Crippen LogP contribution in [0.3, 0.4) is 0 Å². The van der Waals surface area contributed by atoms with Gasteiger partial charge < -0.3 is 29.9 Å².